The molecule has 5 heteroatoms. The lowest BCUT2D eigenvalue weighted by Gasteiger charge is -2.04. The van der Waals surface area contributed by atoms with Crippen molar-refractivity contribution in [2.45, 2.75) is 19.3 Å². The summed E-state index contributed by atoms with van der Waals surface area (Å²) < 4.78 is 1.95. The van der Waals surface area contributed by atoms with Gasteiger partial charge in [-0.25, -0.2) is 4.98 Å². The number of Topliss-reactive ketones (excluding diaryl/α,β-unsaturated/α-hetero) is 1. The molecule has 0 saturated carbocycles. The number of carbonyl (C=O) groups excluding carboxylic acids is 2. The fraction of sp³-hybridized carbons (Fsp3) is 0.211. The van der Waals surface area contributed by atoms with E-state index < -0.39 is 0 Å². The third kappa shape index (κ3) is 4.07. The van der Waals surface area contributed by atoms with Gasteiger partial charge in [0.1, 0.15) is 5.65 Å². The molecule has 122 valence electrons. The van der Waals surface area contributed by atoms with Crippen LogP contribution < -0.4 is 5.32 Å². The molecule has 2 aromatic heterocycles. The lowest BCUT2D eigenvalue weighted by Crippen LogP contribution is -2.26. The smallest absolute Gasteiger partial charge is 0.220 e. The molecule has 1 aromatic carbocycles. The number of aromatic nitrogens is 2. The Hall–Kier alpha value is -2.95. The van der Waals surface area contributed by atoms with Crippen LogP contribution in [0.1, 0.15) is 28.9 Å². The first-order valence-electron chi connectivity index (χ1n) is 8.00. The quantitative estimate of drug-likeness (QED) is 0.681. The molecule has 1 amide bonds. The van der Waals surface area contributed by atoms with Gasteiger partial charge >= 0.3 is 0 Å². The molecule has 3 rings (SSSR count). The van der Waals surface area contributed by atoms with Crippen LogP contribution >= 0.6 is 0 Å². The van der Waals surface area contributed by atoms with Crippen LogP contribution in [0.15, 0.2) is 60.9 Å². The van der Waals surface area contributed by atoms with Crippen LogP contribution in [0.4, 0.5) is 0 Å². The summed E-state index contributed by atoms with van der Waals surface area (Å²) in [5.74, 6) is -0.117. The van der Waals surface area contributed by atoms with E-state index >= 15 is 0 Å². The van der Waals surface area contributed by atoms with Crippen molar-refractivity contribution in [3.63, 3.8) is 0 Å². The highest BCUT2D eigenvalue weighted by Crippen LogP contribution is 2.06. The first-order valence-corrected chi connectivity index (χ1v) is 8.00. The minimum absolute atomic E-state index is 0.00824. The van der Waals surface area contributed by atoms with E-state index in [1.165, 1.54) is 0 Å². The maximum atomic E-state index is 12.0. The number of imidazole rings is 1. The molecule has 0 aliphatic heterocycles. The molecule has 0 aliphatic carbocycles. The minimum Gasteiger partial charge on any atom is -0.356 e. The van der Waals surface area contributed by atoms with E-state index in [2.05, 4.69) is 10.3 Å². The van der Waals surface area contributed by atoms with E-state index in [1.807, 2.05) is 53.2 Å². The largest absolute Gasteiger partial charge is 0.356 e. The highest BCUT2D eigenvalue weighted by atomic mass is 16.2. The maximum Gasteiger partial charge on any atom is 0.220 e. The zero-order valence-electron chi connectivity index (χ0n) is 13.3. The Labute approximate surface area is 140 Å². The van der Waals surface area contributed by atoms with Crippen molar-refractivity contribution in [2.24, 2.45) is 0 Å². The zero-order chi connectivity index (χ0) is 16.8. The number of hydrogen-bond donors (Lipinski definition) is 1. The van der Waals surface area contributed by atoms with E-state index in [-0.39, 0.29) is 24.5 Å². The second kappa shape index (κ2) is 7.55. The Bertz CT molecular complexity index is 807. The SMILES string of the molecule is O=C(CCC(=O)c1ccccc1)NCCc1cn2ccccc2n1. The summed E-state index contributed by atoms with van der Waals surface area (Å²) in [5, 5.41) is 2.84. The average Bonchev–Trinajstić information content (AvgIpc) is 3.03. The van der Waals surface area contributed by atoms with Gasteiger partial charge in [-0.3, -0.25) is 9.59 Å². The van der Waals surface area contributed by atoms with Gasteiger partial charge in [0, 0.05) is 43.8 Å². The van der Waals surface area contributed by atoms with Crippen molar-refractivity contribution in [1.82, 2.24) is 14.7 Å². The highest BCUT2D eigenvalue weighted by molar-refractivity contribution is 5.97. The van der Waals surface area contributed by atoms with Crippen molar-refractivity contribution in [1.29, 1.82) is 0 Å². The van der Waals surface area contributed by atoms with E-state index in [1.54, 1.807) is 12.1 Å². The van der Waals surface area contributed by atoms with Gasteiger partial charge in [0.05, 0.1) is 5.69 Å². The summed E-state index contributed by atoms with van der Waals surface area (Å²) in [6, 6.07) is 14.9. The first-order chi connectivity index (χ1) is 11.7. The second-order valence-corrected chi connectivity index (χ2v) is 5.59. The predicted molar refractivity (Wildman–Crippen MR) is 91.9 cm³/mol. The standard InChI is InChI=1S/C19H19N3O2/c23-17(15-6-2-1-3-7-15)9-10-19(24)20-12-11-16-14-22-13-5-4-8-18(22)21-16/h1-8,13-14H,9-12H2,(H,20,24). The maximum absolute atomic E-state index is 12.0. The van der Waals surface area contributed by atoms with Crippen molar-refractivity contribution in [3.05, 3.63) is 72.2 Å². The van der Waals surface area contributed by atoms with E-state index in [9.17, 15) is 9.59 Å². The Kier molecular flexibility index (Phi) is 5.01. The molecule has 0 fully saturated rings. The molecule has 1 N–H and O–H groups in total. The van der Waals surface area contributed by atoms with E-state index in [0.717, 1.165) is 11.3 Å². The van der Waals surface area contributed by atoms with Crippen LogP contribution in [0, 0.1) is 0 Å². The molecule has 2 heterocycles. The van der Waals surface area contributed by atoms with Crippen LogP contribution in [0.3, 0.4) is 0 Å². The molecular weight excluding hydrogens is 302 g/mol. The van der Waals surface area contributed by atoms with Gasteiger partial charge in [-0.2, -0.15) is 0 Å². The summed E-state index contributed by atoms with van der Waals surface area (Å²) >= 11 is 0. The number of carbonyl (C=O) groups is 2. The van der Waals surface area contributed by atoms with Crippen molar-refractivity contribution in [2.75, 3.05) is 6.54 Å². The van der Waals surface area contributed by atoms with E-state index in [4.69, 9.17) is 0 Å². The molecule has 24 heavy (non-hydrogen) atoms. The van der Waals surface area contributed by atoms with Crippen molar-refractivity contribution < 1.29 is 9.59 Å². The molecule has 0 spiro atoms. The number of ketones is 1. The summed E-state index contributed by atoms with van der Waals surface area (Å²) in [4.78, 5) is 28.3. The molecule has 0 aliphatic rings. The molecule has 0 unspecified atom stereocenters. The molecule has 0 saturated heterocycles. The number of benzene rings is 1. The predicted octanol–water partition coefficient (Wildman–Crippen LogP) is 2.66. The lowest BCUT2D eigenvalue weighted by molar-refractivity contribution is -0.121. The number of nitrogens with zero attached hydrogens (tertiary/aromatic N) is 2. The molecule has 3 aromatic rings. The van der Waals surface area contributed by atoms with Crippen molar-refractivity contribution in [3.8, 4) is 0 Å². The zero-order valence-corrected chi connectivity index (χ0v) is 13.3. The number of fused-ring (bicyclic) bond motifs is 1. The van der Waals surface area contributed by atoms with Crippen LogP contribution in [0.5, 0.6) is 0 Å². The number of amides is 1. The van der Waals surface area contributed by atoms with Crippen LogP contribution in [0.2, 0.25) is 0 Å². The number of rotatable bonds is 7. The van der Waals surface area contributed by atoms with Gasteiger partial charge in [0.2, 0.25) is 5.91 Å². The fourth-order valence-corrected chi connectivity index (χ4v) is 2.52. The minimum atomic E-state index is -0.108. The first kappa shape index (κ1) is 15.9. The third-order valence-electron chi connectivity index (χ3n) is 3.79. The number of hydrogen-bond acceptors (Lipinski definition) is 3. The monoisotopic (exact) mass is 321 g/mol. The highest BCUT2D eigenvalue weighted by Gasteiger charge is 2.09. The van der Waals surface area contributed by atoms with Gasteiger partial charge in [0.25, 0.3) is 0 Å². The molecule has 0 radical (unpaired) electrons. The second-order valence-electron chi connectivity index (χ2n) is 5.59. The van der Waals surface area contributed by atoms with E-state index in [0.29, 0.717) is 18.5 Å². The fourth-order valence-electron chi connectivity index (χ4n) is 2.52. The Balaban J connectivity index is 1.42. The summed E-state index contributed by atoms with van der Waals surface area (Å²) in [5.41, 5.74) is 2.48. The Morgan fingerprint density at radius 2 is 1.79 bits per heavy atom. The Morgan fingerprint density at radius 3 is 2.58 bits per heavy atom. The molecule has 0 bridgehead atoms. The molecule has 0 atom stereocenters. The van der Waals surface area contributed by atoms with Crippen LogP contribution in [0.25, 0.3) is 5.65 Å². The molecular formula is C19H19N3O2. The number of nitrogens with one attached hydrogen (secondary N) is 1. The van der Waals surface area contributed by atoms with Crippen molar-refractivity contribution >= 4 is 17.3 Å². The third-order valence-corrected chi connectivity index (χ3v) is 3.79. The topological polar surface area (TPSA) is 63.5 Å². The average molecular weight is 321 g/mol. The lowest BCUT2D eigenvalue weighted by atomic mass is 10.1. The Morgan fingerprint density at radius 1 is 1.00 bits per heavy atom. The van der Waals surface area contributed by atoms with Gasteiger partial charge in [-0.15, -0.1) is 0 Å². The van der Waals surface area contributed by atoms with Gasteiger partial charge in [0.15, 0.2) is 5.78 Å². The summed E-state index contributed by atoms with van der Waals surface area (Å²) in [6.07, 6.45) is 5.00. The normalized spacial score (nSPS) is 10.7. The summed E-state index contributed by atoms with van der Waals surface area (Å²) in [7, 11) is 0. The van der Waals surface area contributed by atoms with Gasteiger partial charge in [-0.1, -0.05) is 36.4 Å². The number of pyridine rings is 1. The van der Waals surface area contributed by atoms with Crippen LogP contribution in [-0.2, 0) is 11.2 Å². The van der Waals surface area contributed by atoms with Gasteiger partial charge in [-0.05, 0) is 12.1 Å². The van der Waals surface area contributed by atoms with Gasteiger partial charge < -0.3 is 9.72 Å². The van der Waals surface area contributed by atoms with Crippen LogP contribution in [-0.4, -0.2) is 27.6 Å². The summed E-state index contributed by atoms with van der Waals surface area (Å²) in [6.45, 7) is 0.516. The molecule has 5 nitrogen and oxygen atoms in total.